The van der Waals surface area contributed by atoms with Gasteiger partial charge in [0.1, 0.15) is 0 Å². The maximum absolute atomic E-state index is 12.5. The molecule has 0 aliphatic heterocycles. The molecule has 0 fully saturated rings. The van der Waals surface area contributed by atoms with E-state index in [1.807, 2.05) is 0 Å². The highest BCUT2D eigenvalue weighted by Crippen LogP contribution is 2.31. The van der Waals surface area contributed by atoms with E-state index in [0.29, 0.717) is 22.8 Å². The van der Waals surface area contributed by atoms with Gasteiger partial charge in [0.05, 0.1) is 5.69 Å². The van der Waals surface area contributed by atoms with Crippen LogP contribution in [-0.4, -0.2) is 22.6 Å². The molecule has 0 saturated heterocycles. The number of hydrogen-bond acceptors (Lipinski definition) is 5. The van der Waals surface area contributed by atoms with Crippen molar-refractivity contribution in [2.45, 2.75) is 32.6 Å². The summed E-state index contributed by atoms with van der Waals surface area (Å²) in [5.41, 5.74) is 5.89. The normalized spacial score (nSPS) is 10.4. The van der Waals surface area contributed by atoms with Gasteiger partial charge < -0.3 is 5.73 Å². The molecule has 126 valence electrons. The number of unbranched alkanes of at least 4 members (excludes halogenated alkanes) is 2. The second kappa shape index (κ2) is 8.35. The number of anilines is 2. The van der Waals surface area contributed by atoms with Gasteiger partial charge >= 0.3 is 11.8 Å². The number of primary amides is 1. The number of ketones is 1. The molecule has 0 atom stereocenters. The molecule has 2 N–H and O–H groups in total. The average molecular weight is 345 g/mol. The van der Waals surface area contributed by atoms with Crippen molar-refractivity contribution in [3.05, 3.63) is 41.4 Å². The molecule has 1 heterocycles. The number of hydrogen-bond donors (Lipinski definition) is 1. The van der Waals surface area contributed by atoms with E-state index < -0.39 is 11.8 Å². The summed E-state index contributed by atoms with van der Waals surface area (Å²) in [4.78, 5) is 41.4. The second-order valence-electron chi connectivity index (χ2n) is 5.22. The molecular weight excluding hydrogens is 326 g/mol. The number of thiazole rings is 1. The number of aromatic nitrogens is 1. The summed E-state index contributed by atoms with van der Waals surface area (Å²) in [6.07, 6.45) is 4.67. The number of nitrogens with two attached hydrogens (primary N) is 1. The van der Waals surface area contributed by atoms with Gasteiger partial charge in [-0.1, -0.05) is 31.9 Å². The lowest BCUT2D eigenvalue weighted by molar-refractivity contribution is -0.135. The summed E-state index contributed by atoms with van der Waals surface area (Å²) in [5.74, 6) is -2.09. The first kappa shape index (κ1) is 17.8. The minimum absolute atomic E-state index is 0.0714. The van der Waals surface area contributed by atoms with Crippen LogP contribution in [0.25, 0.3) is 0 Å². The molecule has 1 aromatic heterocycles. The quantitative estimate of drug-likeness (QED) is 0.474. The van der Waals surface area contributed by atoms with Gasteiger partial charge in [-0.25, -0.2) is 9.88 Å². The van der Waals surface area contributed by atoms with Gasteiger partial charge in [0.2, 0.25) is 0 Å². The maximum Gasteiger partial charge on any atom is 0.322 e. The predicted octanol–water partition coefficient (Wildman–Crippen LogP) is 3.06. The molecule has 0 aliphatic carbocycles. The topological polar surface area (TPSA) is 93.4 Å². The first-order valence-corrected chi connectivity index (χ1v) is 8.59. The molecule has 1 aromatic carbocycles. The Balaban J connectivity index is 2.42. The summed E-state index contributed by atoms with van der Waals surface area (Å²) in [7, 11) is 0. The van der Waals surface area contributed by atoms with Crippen LogP contribution in [0.4, 0.5) is 10.8 Å². The lowest BCUT2D eigenvalue weighted by atomic mass is 10.0. The van der Waals surface area contributed by atoms with E-state index in [9.17, 15) is 14.4 Å². The standard InChI is InChI=1S/C17H19N3O3S/c1-2-3-4-9-14(21)12-7-5-6-8-13(12)20(16(23)15(18)22)17-19-10-11-24-17/h5-8,10-11H,2-4,9H2,1H3,(H2,18,22). The van der Waals surface area contributed by atoms with Gasteiger partial charge in [0, 0.05) is 23.6 Å². The minimum atomic E-state index is -1.10. The number of nitrogens with zero attached hydrogens (tertiary/aromatic N) is 2. The van der Waals surface area contributed by atoms with Gasteiger partial charge in [0.15, 0.2) is 10.9 Å². The molecule has 7 heteroatoms. The smallest absolute Gasteiger partial charge is 0.322 e. The fraction of sp³-hybridized carbons (Fsp3) is 0.294. The first-order chi connectivity index (χ1) is 11.6. The van der Waals surface area contributed by atoms with Crippen molar-refractivity contribution < 1.29 is 14.4 Å². The fourth-order valence-corrected chi connectivity index (χ4v) is 2.96. The molecule has 0 radical (unpaired) electrons. The lowest BCUT2D eigenvalue weighted by Gasteiger charge is -2.21. The van der Waals surface area contributed by atoms with Crippen molar-refractivity contribution in [3.8, 4) is 0 Å². The Labute approximate surface area is 144 Å². The minimum Gasteiger partial charge on any atom is -0.361 e. The van der Waals surface area contributed by atoms with Crippen LogP contribution in [0.15, 0.2) is 35.8 Å². The van der Waals surface area contributed by atoms with Crippen molar-refractivity contribution in [2.24, 2.45) is 5.73 Å². The summed E-state index contributed by atoms with van der Waals surface area (Å²) in [6, 6.07) is 6.70. The lowest BCUT2D eigenvalue weighted by Crippen LogP contribution is -2.38. The number of amides is 2. The highest BCUT2D eigenvalue weighted by molar-refractivity contribution is 7.14. The van der Waals surface area contributed by atoms with Crippen LogP contribution < -0.4 is 10.6 Å². The number of para-hydroxylation sites is 1. The average Bonchev–Trinajstić information content (AvgIpc) is 3.09. The number of benzene rings is 1. The van der Waals surface area contributed by atoms with Crippen LogP contribution in [0.2, 0.25) is 0 Å². The molecule has 2 rings (SSSR count). The number of carbonyl (C=O) groups is 3. The van der Waals surface area contributed by atoms with Crippen LogP contribution in [0, 0.1) is 0 Å². The molecule has 0 saturated carbocycles. The highest BCUT2D eigenvalue weighted by Gasteiger charge is 2.28. The van der Waals surface area contributed by atoms with Crippen molar-refractivity contribution >= 4 is 39.8 Å². The number of Topliss-reactive ketones (excluding diaryl/α,β-unsaturated/α-hetero) is 1. The Morgan fingerprint density at radius 1 is 1.21 bits per heavy atom. The summed E-state index contributed by atoms with van der Waals surface area (Å²) >= 11 is 1.19. The molecule has 0 bridgehead atoms. The SMILES string of the molecule is CCCCCC(=O)c1ccccc1N(C(=O)C(N)=O)c1nccs1. The zero-order chi connectivity index (χ0) is 17.5. The van der Waals surface area contributed by atoms with Crippen LogP contribution in [0.3, 0.4) is 0 Å². The van der Waals surface area contributed by atoms with E-state index in [2.05, 4.69) is 11.9 Å². The van der Waals surface area contributed by atoms with Crippen molar-refractivity contribution in [3.63, 3.8) is 0 Å². The van der Waals surface area contributed by atoms with Gasteiger partial charge in [-0.05, 0) is 18.6 Å². The Bertz CT molecular complexity index is 728. The van der Waals surface area contributed by atoms with Crippen molar-refractivity contribution in [2.75, 3.05) is 4.90 Å². The van der Waals surface area contributed by atoms with E-state index in [0.717, 1.165) is 24.2 Å². The fourth-order valence-electron chi connectivity index (χ4n) is 2.31. The van der Waals surface area contributed by atoms with Gasteiger partial charge in [0.25, 0.3) is 0 Å². The molecule has 6 nitrogen and oxygen atoms in total. The third kappa shape index (κ3) is 4.05. The van der Waals surface area contributed by atoms with E-state index >= 15 is 0 Å². The van der Waals surface area contributed by atoms with Gasteiger partial charge in [-0.3, -0.25) is 14.4 Å². The maximum atomic E-state index is 12.5. The van der Waals surface area contributed by atoms with Crippen LogP contribution in [0.1, 0.15) is 43.0 Å². The Morgan fingerprint density at radius 3 is 2.58 bits per heavy atom. The molecule has 24 heavy (non-hydrogen) atoms. The molecule has 0 spiro atoms. The third-order valence-corrected chi connectivity index (χ3v) is 4.23. The highest BCUT2D eigenvalue weighted by atomic mass is 32.1. The van der Waals surface area contributed by atoms with Gasteiger partial charge in [-0.2, -0.15) is 0 Å². The van der Waals surface area contributed by atoms with Crippen molar-refractivity contribution in [1.82, 2.24) is 4.98 Å². The molecule has 2 aromatic rings. The van der Waals surface area contributed by atoms with Crippen LogP contribution in [-0.2, 0) is 9.59 Å². The van der Waals surface area contributed by atoms with Gasteiger partial charge in [-0.15, -0.1) is 11.3 Å². The Kier molecular flexibility index (Phi) is 6.20. The molecule has 0 unspecified atom stereocenters. The van der Waals surface area contributed by atoms with E-state index in [4.69, 9.17) is 5.73 Å². The zero-order valence-electron chi connectivity index (χ0n) is 13.4. The molecular formula is C17H19N3O3S. The largest absolute Gasteiger partial charge is 0.361 e. The third-order valence-electron chi connectivity index (χ3n) is 3.48. The van der Waals surface area contributed by atoms with E-state index in [1.54, 1.807) is 29.6 Å². The van der Waals surface area contributed by atoms with Crippen LogP contribution >= 0.6 is 11.3 Å². The van der Waals surface area contributed by atoms with E-state index in [-0.39, 0.29) is 5.78 Å². The predicted molar refractivity (Wildman–Crippen MR) is 93.4 cm³/mol. The Morgan fingerprint density at radius 2 is 1.96 bits per heavy atom. The molecule has 2 amide bonds. The second-order valence-corrected chi connectivity index (χ2v) is 6.09. The summed E-state index contributed by atoms with van der Waals surface area (Å²) in [5, 5.41) is 1.98. The number of rotatable bonds is 7. The molecule has 0 aliphatic rings. The Hall–Kier alpha value is -2.54. The van der Waals surface area contributed by atoms with Crippen molar-refractivity contribution in [1.29, 1.82) is 0 Å². The summed E-state index contributed by atoms with van der Waals surface area (Å²) < 4.78 is 0. The van der Waals surface area contributed by atoms with Crippen LogP contribution in [0.5, 0.6) is 0 Å². The monoisotopic (exact) mass is 345 g/mol. The first-order valence-electron chi connectivity index (χ1n) is 7.71. The zero-order valence-corrected chi connectivity index (χ0v) is 14.2. The summed E-state index contributed by atoms with van der Waals surface area (Å²) in [6.45, 7) is 2.06. The number of carbonyl (C=O) groups excluding carboxylic acids is 3. The van der Waals surface area contributed by atoms with E-state index in [1.165, 1.54) is 17.5 Å².